The quantitative estimate of drug-likeness (QED) is 0.479. The molecule has 0 rings (SSSR count). The van der Waals surface area contributed by atoms with Gasteiger partial charge in [0.05, 0.1) is 0 Å². The molecule has 0 spiro atoms. The molecule has 82 valence electrons. The lowest BCUT2D eigenvalue weighted by molar-refractivity contribution is -0.167. The summed E-state index contributed by atoms with van der Waals surface area (Å²) >= 11 is 0. The standard InChI is InChI=1S/C8H10F4O2/c1-2-3-6(13)4-14-5-8(11,12)7(9)10/h2,7H,1,3-5H2. The van der Waals surface area contributed by atoms with Crippen LogP contribution in [0.2, 0.25) is 0 Å². The second-order valence-corrected chi connectivity index (χ2v) is 2.59. The Morgan fingerprint density at radius 2 is 2.07 bits per heavy atom. The third kappa shape index (κ3) is 4.96. The molecule has 0 aromatic rings. The molecule has 0 aromatic carbocycles. The van der Waals surface area contributed by atoms with Crippen molar-refractivity contribution in [1.82, 2.24) is 0 Å². The number of hydrogen-bond acceptors (Lipinski definition) is 2. The highest BCUT2D eigenvalue weighted by Gasteiger charge is 2.40. The van der Waals surface area contributed by atoms with E-state index >= 15 is 0 Å². The van der Waals surface area contributed by atoms with Crippen molar-refractivity contribution in [2.24, 2.45) is 0 Å². The molecule has 0 aliphatic heterocycles. The molecule has 0 unspecified atom stereocenters. The molecule has 0 heterocycles. The van der Waals surface area contributed by atoms with Gasteiger partial charge in [-0.3, -0.25) is 4.79 Å². The predicted octanol–water partition coefficient (Wildman–Crippen LogP) is 2.05. The van der Waals surface area contributed by atoms with Crippen molar-refractivity contribution in [3.8, 4) is 0 Å². The van der Waals surface area contributed by atoms with E-state index in [1.807, 2.05) is 0 Å². The van der Waals surface area contributed by atoms with E-state index in [9.17, 15) is 22.4 Å². The summed E-state index contributed by atoms with van der Waals surface area (Å²) in [5.41, 5.74) is 0. The average molecular weight is 214 g/mol. The van der Waals surface area contributed by atoms with Crippen LogP contribution in [0.25, 0.3) is 0 Å². The maximum absolute atomic E-state index is 12.2. The SMILES string of the molecule is C=CCC(=O)COCC(F)(F)C(F)F. The van der Waals surface area contributed by atoms with E-state index in [-0.39, 0.29) is 6.42 Å². The fraction of sp³-hybridized carbons (Fsp3) is 0.625. The van der Waals surface area contributed by atoms with Crippen molar-refractivity contribution < 1.29 is 27.1 Å². The first-order valence-corrected chi connectivity index (χ1v) is 3.76. The molecule has 0 bridgehead atoms. The van der Waals surface area contributed by atoms with Crippen LogP contribution in [0.15, 0.2) is 12.7 Å². The van der Waals surface area contributed by atoms with Gasteiger partial charge in [0.15, 0.2) is 5.78 Å². The zero-order valence-electron chi connectivity index (χ0n) is 7.31. The summed E-state index contributed by atoms with van der Waals surface area (Å²) in [6, 6.07) is 0. The fourth-order valence-electron chi connectivity index (χ4n) is 0.584. The number of Topliss-reactive ketones (excluding diaryl/α,β-unsaturated/α-hetero) is 1. The summed E-state index contributed by atoms with van der Waals surface area (Å²) in [4.78, 5) is 10.7. The molecule has 0 fully saturated rings. The minimum Gasteiger partial charge on any atom is -0.367 e. The largest absolute Gasteiger partial charge is 0.367 e. The van der Waals surface area contributed by atoms with Gasteiger partial charge in [-0.2, -0.15) is 8.78 Å². The molecule has 0 atom stereocenters. The highest BCUT2D eigenvalue weighted by molar-refractivity contribution is 5.80. The lowest BCUT2D eigenvalue weighted by Crippen LogP contribution is -2.33. The normalized spacial score (nSPS) is 11.8. The summed E-state index contributed by atoms with van der Waals surface area (Å²) < 4.78 is 51.6. The van der Waals surface area contributed by atoms with Gasteiger partial charge >= 0.3 is 12.3 Å². The van der Waals surface area contributed by atoms with Crippen LogP contribution in [-0.4, -0.2) is 31.3 Å². The zero-order valence-corrected chi connectivity index (χ0v) is 7.31. The number of alkyl halides is 4. The van der Waals surface area contributed by atoms with Crippen molar-refractivity contribution in [3.63, 3.8) is 0 Å². The number of allylic oxidation sites excluding steroid dienone is 1. The number of hydrogen-bond donors (Lipinski definition) is 0. The number of carbonyl (C=O) groups excluding carboxylic acids is 1. The highest BCUT2D eigenvalue weighted by Crippen LogP contribution is 2.22. The Labute approximate surface area is 78.5 Å². The van der Waals surface area contributed by atoms with Crippen molar-refractivity contribution in [3.05, 3.63) is 12.7 Å². The fourth-order valence-corrected chi connectivity index (χ4v) is 0.584. The maximum Gasteiger partial charge on any atom is 0.330 e. The van der Waals surface area contributed by atoms with Crippen molar-refractivity contribution in [2.75, 3.05) is 13.2 Å². The second kappa shape index (κ2) is 5.74. The lowest BCUT2D eigenvalue weighted by atomic mass is 10.3. The van der Waals surface area contributed by atoms with Crippen LogP contribution in [0, 0.1) is 0 Å². The van der Waals surface area contributed by atoms with E-state index in [2.05, 4.69) is 11.3 Å². The van der Waals surface area contributed by atoms with Crippen LogP contribution in [0.5, 0.6) is 0 Å². The first kappa shape index (κ1) is 13.1. The van der Waals surface area contributed by atoms with Crippen molar-refractivity contribution >= 4 is 5.78 Å². The number of ketones is 1. The molecule has 0 aliphatic carbocycles. The predicted molar refractivity (Wildman–Crippen MR) is 41.6 cm³/mol. The Kier molecular flexibility index (Phi) is 5.37. The van der Waals surface area contributed by atoms with Gasteiger partial charge < -0.3 is 4.74 Å². The van der Waals surface area contributed by atoms with Gasteiger partial charge in [0.1, 0.15) is 13.2 Å². The van der Waals surface area contributed by atoms with Gasteiger partial charge in [-0.05, 0) is 0 Å². The average Bonchev–Trinajstić information content (AvgIpc) is 2.04. The number of carbonyl (C=O) groups is 1. The third-order valence-electron chi connectivity index (χ3n) is 1.25. The molecule has 0 aromatic heterocycles. The molecule has 0 radical (unpaired) electrons. The van der Waals surface area contributed by atoms with Gasteiger partial charge in [0.25, 0.3) is 0 Å². The molecule has 14 heavy (non-hydrogen) atoms. The molecule has 0 aliphatic rings. The van der Waals surface area contributed by atoms with Crippen LogP contribution in [0.4, 0.5) is 17.6 Å². The summed E-state index contributed by atoms with van der Waals surface area (Å²) in [6.45, 7) is 1.19. The Hall–Kier alpha value is -0.910. The lowest BCUT2D eigenvalue weighted by Gasteiger charge is -2.14. The minimum atomic E-state index is -4.20. The van der Waals surface area contributed by atoms with E-state index < -0.39 is 31.3 Å². The Bertz CT molecular complexity index is 204. The molecular formula is C8H10F4O2. The molecule has 2 nitrogen and oxygen atoms in total. The van der Waals surface area contributed by atoms with Crippen LogP contribution in [0.1, 0.15) is 6.42 Å². The molecular weight excluding hydrogens is 204 g/mol. The first-order valence-electron chi connectivity index (χ1n) is 3.76. The van der Waals surface area contributed by atoms with E-state index in [4.69, 9.17) is 0 Å². The molecule has 6 heteroatoms. The summed E-state index contributed by atoms with van der Waals surface area (Å²) in [5, 5.41) is 0. The summed E-state index contributed by atoms with van der Waals surface area (Å²) in [5.74, 6) is -4.68. The number of ether oxygens (including phenoxy) is 1. The van der Waals surface area contributed by atoms with Crippen LogP contribution in [-0.2, 0) is 9.53 Å². The summed E-state index contributed by atoms with van der Waals surface area (Å²) in [7, 11) is 0. The van der Waals surface area contributed by atoms with Crippen LogP contribution < -0.4 is 0 Å². The van der Waals surface area contributed by atoms with Crippen molar-refractivity contribution in [2.45, 2.75) is 18.8 Å². The van der Waals surface area contributed by atoms with Gasteiger partial charge in [-0.1, -0.05) is 6.08 Å². The first-order chi connectivity index (χ1) is 6.40. The molecule has 0 saturated carbocycles. The molecule has 0 N–H and O–H groups in total. The number of rotatable bonds is 7. The Balaban J connectivity index is 3.73. The van der Waals surface area contributed by atoms with E-state index in [0.717, 1.165) is 0 Å². The third-order valence-corrected chi connectivity index (χ3v) is 1.25. The number of halogens is 4. The topological polar surface area (TPSA) is 26.3 Å². The van der Waals surface area contributed by atoms with Gasteiger partial charge in [0, 0.05) is 6.42 Å². The Morgan fingerprint density at radius 3 is 2.50 bits per heavy atom. The maximum atomic E-state index is 12.2. The van der Waals surface area contributed by atoms with Gasteiger partial charge in [0.2, 0.25) is 0 Å². The molecule has 0 amide bonds. The van der Waals surface area contributed by atoms with Crippen molar-refractivity contribution in [1.29, 1.82) is 0 Å². The van der Waals surface area contributed by atoms with E-state index in [1.54, 1.807) is 0 Å². The molecule has 0 saturated heterocycles. The van der Waals surface area contributed by atoms with Gasteiger partial charge in [-0.15, -0.1) is 6.58 Å². The van der Waals surface area contributed by atoms with E-state index in [1.165, 1.54) is 6.08 Å². The Morgan fingerprint density at radius 1 is 1.50 bits per heavy atom. The van der Waals surface area contributed by atoms with E-state index in [0.29, 0.717) is 0 Å². The zero-order chi connectivity index (χ0) is 11.2. The smallest absolute Gasteiger partial charge is 0.330 e. The summed E-state index contributed by atoms with van der Waals surface area (Å²) in [6.07, 6.45) is -2.53. The monoisotopic (exact) mass is 214 g/mol. The highest BCUT2D eigenvalue weighted by atomic mass is 19.3. The van der Waals surface area contributed by atoms with Crippen LogP contribution >= 0.6 is 0 Å². The minimum absolute atomic E-state index is 0.0275. The second-order valence-electron chi connectivity index (χ2n) is 2.59. The van der Waals surface area contributed by atoms with Gasteiger partial charge in [-0.25, -0.2) is 8.78 Å². The van der Waals surface area contributed by atoms with Crippen LogP contribution in [0.3, 0.4) is 0 Å².